The first kappa shape index (κ1) is 18.8. The molecule has 0 aliphatic carbocycles. The fourth-order valence-electron chi connectivity index (χ4n) is 2.91. The molecular weight excluding hydrogens is 411 g/mol. The number of benzene rings is 2. The fraction of sp³-hybridized carbons (Fsp3) is 0.316. The van der Waals surface area contributed by atoms with Crippen LogP contribution in [0.1, 0.15) is 23.2 Å². The van der Waals surface area contributed by atoms with Crippen molar-refractivity contribution in [2.24, 2.45) is 5.92 Å². The molecule has 0 radical (unpaired) electrons. The molecule has 0 saturated carbocycles. The highest BCUT2D eigenvalue weighted by Crippen LogP contribution is 2.34. The second kappa shape index (κ2) is 7.70. The van der Waals surface area contributed by atoms with E-state index in [4.69, 9.17) is 4.74 Å². The zero-order chi connectivity index (χ0) is 18.7. The van der Waals surface area contributed by atoms with Crippen LogP contribution >= 0.6 is 15.9 Å². The van der Waals surface area contributed by atoms with Crippen LogP contribution in [0.5, 0.6) is 11.5 Å². The summed E-state index contributed by atoms with van der Waals surface area (Å²) in [6.45, 7) is 0.246. The summed E-state index contributed by atoms with van der Waals surface area (Å²) < 4.78 is 44.7. The number of hydrogen-bond donors (Lipinski definition) is 0. The number of ether oxygens (including phenoxy) is 1. The van der Waals surface area contributed by atoms with Crippen LogP contribution < -0.4 is 4.74 Å². The van der Waals surface area contributed by atoms with Gasteiger partial charge in [-0.1, -0.05) is 12.1 Å². The Bertz CT molecular complexity index is 769. The number of likely N-dealkylation sites (tertiary alicyclic amines) is 1. The number of amides is 1. The van der Waals surface area contributed by atoms with Crippen molar-refractivity contribution in [1.82, 2.24) is 4.90 Å². The summed E-state index contributed by atoms with van der Waals surface area (Å²) in [6.07, 6.45) is -4.27. The van der Waals surface area contributed by atoms with Gasteiger partial charge in [0.25, 0.3) is 5.91 Å². The predicted octanol–water partition coefficient (Wildman–Crippen LogP) is 5.66. The van der Waals surface area contributed by atoms with Gasteiger partial charge < -0.3 is 9.64 Å². The molecule has 0 N–H and O–H groups in total. The number of rotatable bonds is 3. The highest BCUT2D eigenvalue weighted by molar-refractivity contribution is 9.10. The second-order valence-corrected chi connectivity index (χ2v) is 7.02. The molecule has 0 unspecified atom stereocenters. The maximum atomic E-state index is 12.7. The molecule has 3 rings (SSSR count). The summed E-state index contributed by atoms with van der Waals surface area (Å²) in [5.74, 6) is -0.338. The summed E-state index contributed by atoms with van der Waals surface area (Å²) in [5, 5.41) is 0. The smallest absolute Gasteiger partial charge is 0.391 e. The van der Waals surface area contributed by atoms with Crippen LogP contribution in [-0.2, 0) is 0 Å². The quantitative estimate of drug-likeness (QED) is 0.632. The lowest BCUT2D eigenvalue weighted by molar-refractivity contribution is -0.183. The monoisotopic (exact) mass is 427 g/mol. The fourth-order valence-corrected chi connectivity index (χ4v) is 3.28. The lowest BCUT2D eigenvalue weighted by Crippen LogP contribution is -2.42. The molecule has 2 aromatic carbocycles. The van der Waals surface area contributed by atoms with Gasteiger partial charge in [-0.2, -0.15) is 13.2 Å². The molecule has 1 amide bonds. The topological polar surface area (TPSA) is 29.5 Å². The number of carbonyl (C=O) groups is 1. The van der Waals surface area contributed by atoms with Crippen molar-refractivity contribution < 1.29 is 22.7 Å². The second-order valence-electron chi connectivity index (χ2n) is 6.16. The Kier molecular flexibility index (Phi) is 5.55. The number of piperidine rings is 1. The van der Waals surface area contributed by atoms with Gasteiger partial charge >= 0.3 is 6.18 Å². The summed E-state index contributed by atoms with van der Waals surface area (Å²) in [6, 6.07) is 14.0. The molecule has 138 valence electrons. The Morgan fingerprint density at radius 1 is 1.04 bits per heavy atom. The van der Waals surface area contributed by atoms with Crippen molar-refractivity contribution in [3.8, 4) is 11.5 Å². The van der Waals surface area contributed by atoms with Gasteiger partial charge in [0, 0.05) is 18.7 Å². The minimum Gasteiger partial charge on any atom is -0.456 e. The summed E-state index contributed by atoms with van der Waals surface area (Å²) in [7, 11) is 0. The van der Waals surface area contributed by atoms with Gasteiger partial charge in [0.05, 0.1) is 10.4 Å². The Morgan fingerprint density at radius 2 is 1.65 bits per heavy atom. The maximum Gasteiger partial charge on any atom is 0.391 e. The molecular formula is C19H17BrF3NO2. The Balaban J connectivity index is 1.62. The molecule has 0 spiro atoms. The molecule has 3 nitrogen and oxygen atoms in total. The van der Waals surface area contributed by atoms with E-state index < -0.39 is 12.1 Å². The van der Waals surface area contributed by atoms with Crippen molar-refractivity contribution >= 4 is 21.8 Å². The van der Waals surface area contributed by atoms with Crippen molar-refractivity contribution in [3.63, 3.8) is 0 Å². The number of para-hydroxylation sites is 1. The minimum absolute atomic E-state index is 0.0432. The van der Waals surface area contributed by atoms with Crippen LogP contribution in [0.15, 0.2) is 53.0 Å². The molecule has 7 heteroatoms. The van der Waals surface area contributed by atoms with E-state index in [0.717, 1.165) is 4.47 Å². The highest BCUT2D eigenvalue weighted by Gasteiger charge is 2.41. The van der Waals surface area contributed by atoms with Gasteiger partial charge in [-0.15, -0.1) is 0 Å². The molecule has 0 bridgehead atoms. The van der Waals surface area contributed by atoms with Gasteiger partial charge in [0.1, 0.15) is 11.5 Å². The summed E-state index contributed by atoms with van der Waals surface area (Å²) in [4.78, 5) is 14.0. The van der Waals surface area contributed by atoms with Gasteiger partial charge in [0.15, 0.2) is 0 Å². The average Bonchev–Trinajstić information content (AvgIpc) is 2.63. The van der Waals surface area contributed by atoms with Gasteiger partial charge in [-0.25, -0.2) is 0 Å². The molecule has 26 heavy (non-hydrogen) atoms. The standard InChI is InChI=1S/C19H17BrF3NO2/c20-16-3-1-2-4-17(16)26-15-7-5-13(6-8-15)18(25)24-11-9-14(10-12-24)19(21,22)23/h1-8,14H,9-12H2. The third-order valence-corrected chi connectivity index (χ3v) is 5.07. The number of halogens is 4. The van der Waals surface area contributed by atoms with Crippen LogP contribution in [0.2, 0.25) is 0 Å². The van der Waals surface area contributed by atoms with E-state index in [1.807, 2.05) is 24.3 Å². The predicted molar refractivity (Wildman–Crippen MR) is 95.3 cm³/mol. The lowest BCUT2D eigenvalue weighted by Gasteiger charge is -2.33. The van der Waals surface area contributed by atoms with Crippen molar-refractivity contribution in [1.29, 1.82) is 0 Å². The molecule has 0 aromatic heterocycles. The normalized spacial score (nSPS) is 15.8. The summed E-state index contributed by atoms with van der Waals surface area (Å²) in [5.41, 5.74) is 0.440. The van der Waals surface area contributed by atoms with Gasteiger partial charge in [0.2, 0.25) is 0 Å². The van der Waals surface area contributed by atoms with Crippen LogP contribution in [0, 0.1) is 5.92 Å². The van der Waals surface area contributed by atoms with Crippen molar-refractivity contribution in [2.75, 3.05) is 13.1 Å². The first-order valence-electron chi connectivity index (χ1n) is 8.23. The molecule has 1 saturated heterocycles. The van der Waals surface area contributed by atoms with E-state index in [-0.39, 0.29) is 31.8 Å². The molecule has 1 heterocycles. The summed E-state index contributed by atoms with van der Waals surface area (Å²) >= 11 is 3.40. The van der Waals surface area contributed by atoms with E-state index in [1.165, 1.54) is 4.90 Å². The van der Waals surface area contributed by atoms with E-state index in [2.05, 4.69) is 15.9 Å². The zero-order valence-corrected chi connectivity index (χ0v) is 15.4. The molecule has 2 aromatic rings. The zero-order valence-electron chi connectivity index (χ0n) is 13.8. The SMILES string of the molecule is O=C(c1ccc(Oc2ccccc2Br)cc1)N1CCC(C(F)(F)F)CC1. The van der Waals surface area contributed by atoms with Crippen LogP contribution in [0.3, 0.4) is 0 Å². The van der Waals surface area contributed by atoms with Crippen LogP contribution in [0.4, 0.5) is 13.2 Å². The minimum atomic E-state index is -4.18. The third-order valence-electron chi connectivity index (χ3n) is 4.41. The largest absolute Gasteiger partial charge is 0.456 e. The number of alkyl halides is 3. The van der Waals surface area contributed by atoms with Crippen molar-refractivity contribution in [2.45, 2.75) is 19.0 Å². The average molecular weight is 428 g/mol. The Hall–Kier alpha value is -2.02. The first-order chi connectivity index (χ1) is 12.3. The Morgan fingerprint density at radius 3 is 2.23 bits per heavy atom. The van der Waals surface area contributed by atoms with Crippen molar-refractivity contribution in [3.05, 3.63) is 58.6 Å². The molecule has 1 aliphatic rings. The lowest BCUT2D eigenvalue weighted by atomic mass is 9.96. The number of hydrogen-bond acceptors (Lipinski definition) is 2. The van der Waals surface area contributed by atoms with Crippen LogP contribution in [-0.4, -0.2) is 30.1 Å². The van der Waals surface area contributed by atoms with Gasteiger partial charge in [-0.05, 0) is 65.2 Å². The molecule has 0 atom stereocenters. The third kappa shape index (κ3) is 4.38. The highest BCUT2D eigenvalue weighted by atomic mass is 79.9. The molecule has 1 fully saturated rings. The van der Waals surface area contributed by atoms with E-state index in [9.17, 15) is 18.0 Å². The number of nitrogens with zero attached hydrogens (tertiary/aromatic N) is 1. The number of carbonyl (C=O) groups excluding carboxylic acids is 1. The Labute approximate surface area is 157 Å². The van der Waals surface area contributed by atoms with E-state index >= 15 is 0 Å². The van der Waals surface area contributed by atoms with Crippen LogP contribution in [0.25, 0.3) is 0 Å². The van der Waals surface area contributed by atoms with E-state index in [1.54, 1.807) is 24.3 Å². The maximum absolute atomic E-state index is 12.7. The first-order valence-corrected chi connectivity index (χ1v) is 9.02. The van der Waals surface area contributed by atoms with E-state index in [0.29, 0.717) is 17.1 Å². The molecule has 1 aliphatic heterocycles. The van der Waals surface area contributed by atoms with Gasteiger partial charge in [-0.3, -0.25) is 4.79 Å².